The van der Waals surface area contributed by atoms with E-state index in [2.05, 4.69) is 0 Å². The van der Waals surface area contributed by atoms with Crippen LogP contribution in [0.25, 0.3) is 0 Å². The molecule has 0 saturated carbocycles. The zero-order valence-corrected chi connectivity index (χ0v) is 8.20. The molecule has 0 radical (unpaired) electrons. The van der Waals surface area contributed by atoms with Crippen LogP contribution in [0.4, 0.5) is 0 Å². The third kappa shape index (κ3) is 2.45. The summed E-state index contributed by atoms with van der Waals surface area (Å²) in [6.07, 6.45) is 0. The van der Waals surface area contributed by atoms with Crippen molar-refractivity contribution < 1.29 is 8.76 Å². The monoisotopic (exact) mass is 223 g/mol. The van der Waals surface area contributed by atoms with E-state index in [0.29, 0.717) is 5.56 Å². The molecule has 0 saturated heterocycles. The summed E-state index contributed by atoms with van der Waals surface area (Å²) in [4.78, 5) is -0.383. The Bertz CT molecular complexity index is 284. The Hall–Kier alpha value is -0.0900. The van der Waals surface area contributed by atoms with Crippen molar-refractivity contribution in [1.29, 1.82) is 0 Å². The van der Waals surface area contributed by atoms with Gasteiger partial charge in [0.15, 0.2) is 0 Å². The second-order valence-corrected chi connectivity index (χ2v) is 4.14. The van der Waals surface area contributed by atoms with Crippen LogP contribution in [0.5, 0.6) is 0 Å². The predicted molar refractivity (Wildman–Crippen MR) is 48.1 cm³/mol. The smallest absolute Gasteiger partial charge is 0.132 e. The minimum Gasteiger partial charge on any atom is -0.768 e. The molecule has 0 aliphatic rings. The van der Waals surface area contributed by atoms with E-state index in [9.17, 15) is 8.76 Å². The number of halogens is 2. The Labute approximate surface area is 82.8 Å². The normalized spacial score (nSPS) is 13.3. The molecule has 0 N–H and O–H groups in total. The van der Waals surface area contributed by atoms with Gasteiger partial charge in [0.25, 0.3) is 0 Å². The summed E-state index contributed by atoms with van der Waals surface area (Å²) in [7, 11) is 0. The topological polar surface area (TPSA) is 40.1 Å². The first-order chi connectivity index (χ1) is 5.61. The van der Waals surface area contributed by atoms with Gasteiger partial charge in [-0.05, 0) is 28.8 Å². The third-order valence-electron chi connectivity index (χ3n) is 1.32. The summed E-state index contributed by atoms with van der Waals surface area (Å²) in [6.45, 7) is 0. The summed E-state index contributed by atoms with van der Waals surface area (Å²) < 4.78 is 20.8. The standard InChI is InChI=1S/C7H6Cl2O2S/c8-7(9)5-1-3-6(4-2-5)12(10)11/h1-4,7H,(H,10,11)/p-1. The van der Waals surface area contributed by atoms with Crippen LogP contribution < -0.4 is 0 Å². The fourth-order valence-corrected chi connectivity index (χ4v) is 1.37. The number of hydrogen-bond donors (Lipinski definition) is 0. The van der Waals surface area contributed by atoms with Gasteiger partial charge in [0.2, 0.25) is 0 Å². The van der Waals surface area contributed by atoms with Crippen molar-refractivity contribution in [3.63, 3.8) is 0 Å². The maximum absolute atomic E-state index is 10.4. The van der Waals surface area contributed by atoms with Crippen molar-refractivity contribution in [2.75, 3.05) is 0 Å². The molecule has 66 valence electrons. The van der Waals surface area contributed by atoms with Gasteiger partial charge in [-0.2, -0.15) is 0 Å². The van der Waals surface area contributed by atoms with E-state index in [1.807, 2.05) is 0 Å². The van der Waals surface area contributed by atoms with E-state index < -0.39 is 15.9 Å². The summed E-state index contributed by atoms with van der Waals surface area (Å²) in [6, 6.07) is 6.07. The average molecular weight is 224 g/mol. The van der Waals surface area contributed by atoms with E-state index in [1.165, 1.54) is 12.1 Å². The van der Waals surface area contributed by atoms with Gasteiger partial charge < -0.3 is 4.55 Å². The highest BCUT2D eigenvalue weighted by atomic mass is 35.5. The molecule has 0 aliphatic carbocycles. The van der Waals surface area contributed by atoms with Crippen molar-refractivity contribution in [2.45, 2.75) is 9.73 Å². The van der Waals surface area contributed by atoms with Gasteiger partial charge in [-0.15, -0.1) is 23.2 Å². The summed E-state index contributed by atoms with van der Waals surface area (Å²) in [5.41, 5.74) is 0.688. The molecular formula is C7H5Cl2O2S-. The number of rotatable bonds is 2. The van der Waals surface area contributed by atoms with E-state index in [0.717, 1.165) is 0 Å². The Morgan fingerprint density at radius 2 is 1.75 bits per heavy atom. The van der Waals surface area contributed by atoms with E-state index in [-0.39, 0.29) is 4.90 Å². The predicted octanol–water partition coefficient (Wildman–Crippen LogP) is 2.40. The first-order valence-corrected chi connectivity index (χ1v) is 5.03. The minimum atomic E-state index is -2.19. The van der Waals surface area contributed by atoms with Crippen LogP contribution in [-0.2, 0) is 11.1 Å². The molecule has 5 heteroatoms. The molecule has 1 unspecified atom stereocenters. The van der Waals surface area contributed by atoms with Gasteiger partial charge in [0, 0.05) is 4.90 Å². The maximum atomic E-state index is 10.4. The second kappa shape index (κ2) is 4.23. The molecule has 1 aromatic carbocycles. The van der Waals surface area contributed by atoms with Crippen LogP contribution in [0.1, 0.15) is 10.4 Å². The van der Waals surface area contributed by atoms with Crippen LogP contribution in [0, 0.1) is 0 Å². The highest BCUT2D eigenvalue weighted by molar-refractivity contribution is 7.79. The van der Waals surface area contributed by atoms with Gasteiger partial charge in [0.05, 0.1) is 0 Å². The third-order valence-corrected chi connectivity index (χ3v) is 2.49. The van der Waals surface area contributed by atoms with Crippen molar-refractivity contribution in [1.82, 2.24) is 0 Å². The lowest BCUT2D eigenvalue weighted by Gasteiger charge is -2.06. The molecule has 0 aromatic heterocycles. The first-order valence-electron chi connectivity index (χ1n) is 3.08. The van der Waals surface area contributed by atoms with E-state index in [4.69, 9.17) is 23.2 Å². The second-order valence-electron chi connectivity index (χ2n) is 2.10. The maximum Gasteiger partial charge on any atom is 0.132 e. The van der Waals surface area contributed by atoms with Gasteiger partial charge in [-0.3, -0.25) is 4.21 Å². The van der Waals surface area contributed by atoms with Crippen LogP contribution in [-0.4, -0.2) is 8.76 Å². The molecular weight excluding hydrogens is 219 g/mol. The molecule has 12 heavy (non-hydrogen) atoms. The molecule has 0 fully saturated rings. The van der Waals surface area contributed by atoms with Gasteiger partial charge in [-0.25, -0.2) is 0 Å². The number of hydrogen-bond acceptors (Lipinski definition) is 2. The first kappa shape index (κ1) is 9.99. The van der Waals surface area contributed by atoms with E-state index >= 15 is 0 Å². The molecule has 0 heterocycles. The molecule has 0 spiro atoms. The van der Waals surface area contributed by atoms with Crippen LogP contribution in [0.3, 0.4) is 0 Å². The highest BCUT2D eigenvalue weighted by Crippen LogP contribution is 2.24. The largest absolute Gasteiger partial charge is 0.768 e. The van der Waals surface area contributed by atoms with Crippen molar-refractivity contribution in [2.24, 2.45) is 0 Å². The Kier molecular flexibility index (Phi) is 3.53. The SMILES string of the molecule is O=S([O-])c1ccc(C(Cl)Cl)cc1. The van der Waals surface area contributed by atoms with Gasteiger partial charge >= 0.3 is 0 Å². The Morgan fingerprint density at radius 1 is 1.25 bits per heavy atom. The highest BCUT2D eigenvalue weighted by Gasteiger charge is 2.01. The van der Waals surface area contributed by atoms with Gasteiger partial charge in [-0.1, -0.05) is 12.1 Å². The lowest BCUT2D eigenvalue weighted by atomic mass is 10.2. The fourth-order valence-electron chi connectivity index (χ4n) is 0.724. The minimum absolute atomic E-state index is 0.229. The molecule has 0 bridgehead atoms. The molecule has 0 amide bonds. The molecule has 2 nitrogen and oxygen atoms in total. The summed E-state index contributed by atoms with van der Waals surface area (Å²) in [5.74, 6) is 0. The molecule has 1 aromatic rings. The Morgan fingerprint density at radius 3 is 2.08 bits per heavy atom. The van der Waals surface area contributed by atoms with Crippen molar-refractivity contribution >= 4 is 34.3 Å². The summed E-state index contributed by atoms with van der Waals surface area (Å²) in [5, 5.41) is 0. The molecule has 1 rings (SSSR count). The lowest BCUT2D eigenvalue weighted by molar-refractivity contribution is 0.537. The van der Waals surface area contributed by atoms with E-state index in [1.54, 1.807) is 12.1 Å². The quantitative estimate of drug-likeness (QED) is 0.571. The zero-order valence-electron chi connectivity index (χ0n) is 5.87. The molecule has 1 atom stereocenters. The van der Waals surface area contributed by atoms with Crippen molar-refractivity contribution in [3.8, 4) is 0 Å². The molecule has 0 aliphatic heterocycles. The number of alkyl halides is 2. The summed E-state index contributed by atoms with van der Waals surface area (Å²) >= 11 is 8.91. The van der Waals surface area contributed by atoms with Crippen LogP contribution in [0.2, 0.25) is 0 Å². The van der Waals surface area contributed by atoms with Gasteiger partial charge in [0.1, 0.15) is 4.84 Å². The lowest BCUT2D eigenvalue weighted by Crippen LogP contribution is -1.89. The van der Waals surface area contributed by atoms with Crippen molar-refractivity contribution in [3.05, 3.63) is 29.8 Å². The van der Waals surface area contributed by atoms with Crippen LogP contribution in [0.15, 0.2) is 29.2 Å². The Balaban J connectivity index is 2.93. The average Bonchev–Trinajstić information content (AvgIpc) is 2.04. The zero-order chi connectivity index (χ0) is 9.14. The number of benzene rings is 1. The van der Waals surface area contributed by atoms with Crippen LogP contribution >= 0.6 is 23.2 Å². The fraction of sp³-hybridized carbons (Fsp3) is 0.143.